The van der Waals surface area contributed by atoms with Gasteiger partial charge in [0.05, 0.1) is 0 Å². The first-order chi connectivity index (χ1) is 11.9. The average Bonchev–Trinajstić information content (AvgIpc) is 3.05. The average molecular weight is 335 g/mol. The van der Waals surface area contributed by atoms with Crippen molar-refractivity contribution < 1.29 is 9.59 Å². The number of benzene rings is 2. The Labute approximate surface area is 144 Å². The lowest BCUT2D eigenvalue weighted by Gasteiger charge is -2.05. The molecule has 3 rings (SSSR count). The summed E-state index contributed by atoms with van der Waals surface area (Å²) in [4.78, 5) is 24.8. The Balaban J connectivity index is 1.78. The SMILES string of the molecule is Cc1ccc(C)c(C(=O)Cn2nnc(-c3ccc(C(N)=O)cc3)n2)c1. The molecule has 0 aliphatic heterocycles. The van der Waals surface area contributed by atoms with E-state index < -0.39 is 5.91 Å². The summed E-state index contributed by atoms with van der Waals surface area (Å²) in [5.41, 5.74) is 8.91. The first-order valence-electron chi connectivity index (χ1n) is 7.72. The zero-order valence-electron chi connectivity index (χ0n) is 13.9. The first-order valence-corrected chi connectivity index (χ1v) is 7.72. The molecule has 2 N–H and O–H groups in total. The van der Waals surface area contributed by atoms with Gasteiger partial charge in [0.15, 0.2) is 5.78 Å². The maximum absolute atomic E-state index is 12.5. The maximum atomic E-state index is 12.5. The van der Waals surface area contributed by atoms with Crippen LogP contribution in [0, 0.1) is 13.8 Å². The molecule has 7 heteroatoms. The number of rotatable bonds is 5. The number of nitrogens with zero attached hydrogens (tertiary/aromatic N) is 4. The molecule has 7 nitrogen and oxygen atoms in total. The molecular formula is C18H17N5O2. The van der Waals surface area contributed by atoms with Gasteiger partial charge >= 0.3 is 0 Å². The van der Waals surface area contributed by atoms with E-state index in [0.717, 1.165) is 11.1 Å². The van der Waals surface area contributed by atoms with Gasteiger partial charge in [-0.05, 0) is 42.8 Å². The molecular weight excluding hydrogens is 318 g/mol. The van der Waals surface area contributed by atoms with Crippen LogP contribution in [0.2, 0.25) is 0 Å². The third-order valence-electron chi connectivity index (χ3n) is 3.86. The lowest BCUT2D eigenvalue weighted by atomic mass is 10.0. The van der Waals surface area contributed by atoms with Gasteiger partial charge in [0, 0.05) is 16.7 Å². The van der Waals surface area contributed by atoms with Crippen LogP contribution < -0.4 is 5.73 Å². The number of hydrogen-bond acceptors (Lipinski definition) is 5. The molecule has 0 fully saturated rings. The van der Waals surface area contributed by atoms with Gasteiger partial charge in [0.25, 0.3) is 0 Å². The Morgan fingerprint density at radius 3 is 2.48 bits per heavy atom. The van der Waals surface area contributed by atoms with Crippen molar-refractivity contribution in [2.75, 3.05) is 0 Å². The van der Waals surface area contributed by atoms with E-state index in [4.69, 9.17) is 5.73 Å². The van der Waals surface area contributed by atoms with E-state index in [-0.39, 0.29) is 12.3 Å². The lowest BCUT2D eigenvalue weighted by molar-refractivity contribution is 0.0959. The summed E-state index contributed by atoms with van der Waals surface area (Å²) >= 11 is 0. The maximum Gasteiger partial charge on any atom is 0.248 e. The van der Waals surface area contributed by atoms with Crippen molar-refractivity contribution >= 4 is 11.7 Å². The summed E-state index contributed by atoms with van der Waals surface area (Å²) < 4.78 is 0. The number of aryl methyl sites for hydroxylation is 2. The fraction of sp³-hybridized carbons (Fsp3) is 0.167. The molecule has 0 bridgehead atoms. The second-order valence-electron chi connectivity index (χ2n) is 5.83. The quantitative estimate of drug-likeness (QED) is 0.718. The Morgan fingerprint density at radius 2 is 1.80 bits per heavy atom. The smallest absolute Gasteiger partial charge is 0.248 e. The van der Waals surface area contributed by atoms with E-state index in [1.54, 1.807) is 24.3 Å². The van der Waals surface area contributed by atoms with Crippen molar-refractivity contribution in [3.8, 4) is 11.4 Å². The molecule has 2 aromatic carbocycles. The monoisotopic (exact) mass is 335 g/mol. The minimum absolute atomic E-state index is 0.0106. The van der Waals surface area contributed by atoms with E-state index in [9.17, 15) is 9.59 Å². The van der Waals surface area contributed by atoms with Crippen LogP contribution in [0.25, 0.3) is 11.4 Å². The van der Waals surface area contributed by atoms with Crippen LogP contribution in [0.5, 0.6) is 0 Å². The standard InChI is InChI=1S/C18H17N5O2/c1-11-3-4-12(2)15(9-11)16(24)10-23-21-18(20-22-23)14-7-5-13(6-8-14)17(19)25/h3-9H,10H2,1-2H3,(H2,19,25). The molecule has 0 unspecified atom stereocenters. The van der Waals surface area contributed by atoms with Crippen molar-refractivity contribution in [3.63, 3.8) is 0 Å². The van der Waals surface area contributed by atoms with Gasteiger partial charge in [0.1, 0.15) is 6.54 Å². The van der Waals surface area contributed by atoms with Crippen LogP contribution >= 0.6 is 0 Å². The predicted molar refractivity (Wildman–Crippen MR) is 92.0 cm³/mol. The molecule has 0 saturated carbocycles. The van der Waals surface area contributed by atoms with Gasteiger partial charge in [-0.1, -0.05) is 29.8 Å². The first kappa shape index (κ1) is 16.5. The third-order valence-corrected chi connectivity index (χ3v) is 3.86. The van der Waals surface area contributed by atoms with Gasteiger partial charge in [-0.15, -0.1) is 10.2 Å². The van der Waals surface area contributed by atoms with Gasteiger partial charge in [-0.2, -0.15) is 4.80 Å². The van der Waals surface area contributed by atoms with E-state index in [1.807, 2.05) is 32.0 Å². The van der Waals surface area contributed by atoms with E-state index >= 15 is 0 Å². The summed E-state index contributed by atoms with van der Waals surface area (Å²) in [5, 5.41) is 12.1. The van der Waals surface area contributed by atoms with Crippen molar-refractivity contribution in [2.24, 2.45) is 5.73 Å². The number of nitrogens with two attached hydrogens (primary N) is 1. The summed E-state index contributed by atoms with van der Waals surface area (Å²) in [7, 11) is 0. The van der Waals surface area contributed by atoms with Crippen LogP contribution in [-0.4, -0.2) is 31.9 Å². The summed E-state index contributed by atoms with van der Waals surface area (Å²) in [6.45, 7) is 3.85. The lowest BCUT2D eigenvalue weighted by Crippen LogP contribution is -2.14. The van der Waals surface area contributed by atoms with Crippen molar-refractivity contribution in [1.29, 1.82) is 0 Å². The van der Waals surface area contributed by atoms with Crippen LogP contribution in [0.15, 0.2) is 42.5 Å². The largest absolute Gasteiger partial charge is 0.366 e. The summed E-state index contributed by atoms with van der Waals surface area (Å²) in [6, 6.07) is 12.3. The molecule has 0 spiro atoms. The predicted octanol–water partition coefficient (Wildman–Crippen LogP) is 1.94. The number of ketones is 1. The summed E-state index contributed by atoms with van der Waals surface area (Å²) in [5.74, 6) is -0.193. The van der Waals surface area contributed by atoms with Gasteiger partial charge in [0.2, 0.25) is 11.7 Å². The second kappa shape index (κ2) is 6.64. The number of primary amides is 1. The highest BCUT2D eigenvalue weighted by atomic mass is 16.1. The van der Waals surface area contributed by atoms with Gasteiger partial charge in [-0.3, -0.25) is 9.59 Å². The molecule has 25 heavy (non-hydrogen) atoms. The van der Waals surface area contributed by atoms with Crippen LogP contribution in [0.4, 0.5) is 0 Å². The van der Waals surface area contributed by atoms with Crippen molar-refractivity contribution in [1.82, 2.24) is 20.2 Å². The Kier molecular flexibility index (Phi) is 4.38. The molecule has 0 aliphatic carbocycles. The highest BCUT2D eigenvalue weighted by Gasteiger charge is 2.13. The van der Waals surface area contributed by atoms with Crippen molar-refractivity contribution in [3.05, 3.63) is 64.7 Å². The molecule has 0 atom stereocenters. The molecule has 0 aliphatic rings. The molecule has 0 saturated heterocycles. The third kappa shape index (κ3) is 3.60. The second-order valence-corrected chi connectivity index (χ2v) is 5.83. The number of carbonyl (C=O) groups is 2. The highest BCUT2D eigenvalue weighted by Crippen LogP contribution is 2.15. The Morgan fingerprint density at radius 1 is 1.08 bits per heavy atom. The van der Waals surface area contributed by atoms with Gasteiger partial charge in [-0.25, -0.2) is 0 Å². The number of tetrazole rings is 1. The van der Waals surface area contributed by atoms with Crippen LogP contribution in [0.3, 0.4) is 0 Å². The van der Waals surface area contributed by atoms with Gasteiger partial charge < -0.3 is 5.73 Å². The molecule has 1 amide bonds. The zero-order chi connectivity index (χ0) is 18.0. The zero-order valence-corrected chi connectivity index (χ0v) is 13.9. The number of hydrogen-bond donors (Lipinski definition) is 1. The van der Waals surface area contributed by atoms with Crippen LogP contribution in [-0.2, 0) is 6.54 Å². The van der Waals surface area contributed by atoms with Crippen molar-refractivity contribution in [2.45, 2.75) is 20.4 Å². The van der Waals surface area contributed by atoms with E-state index in [2.05, 4.69) is 15.4 Å². The molecule has 1 heterocycles. The summed E-state index contributed by atoms with van der Waals surface area (Å²) in [6.07, 6.45) is 0. The minimum atomic E-state index is -0.498. The van der Waals surface area contributed by atoms with E-state index in [1.165, 1.54) is 4.80 Å². The molecule has 126 valence electrons. The number of amides is 1. The number of Topliss-reactive ketones (excluding diaryl/α,β-unsaturated/α-hetero) is 1. The number of carbonyl (C=O) groups excluding carboxylic acids is 2. The Bertz CT molecular complexity index is 944. The molecule has 1 aromatic heterocycles. The molecule has 0 radical (unpaired) electrons. The van der Waals surface area contributed by atoms with Crippen LogP contribution in [0.1, 0.15) is 31.8 Å². The fourth-order valence-electron chi connectivity index (χ4n) is 2.46. The molecule has 3 aromatic rings. The number of aromatic nitrogens is 4. The fourth-order valence-corrected chi connectivity index (χ4v) is 2.46. The topological polar surface area (TPSA) is 104 Å². The van der Waals surface area contributed by atoms with E-state index in [0.29, 0.717) is 22.5 Å². The minimum Gasteiger partial charge on any atom is -0.366 e. The highest BCUT2D eigenvalue weighted by molar-refractivity contribution is 5.97. The normalized spacial score (nSPS) is 10.6. The Hall–Kier alpha value is -3.35.